The second kappa shape index (κ2) is 5.29. The van der Waals surface area contributed by atoms with E-state index in [-0.39, 0.29) is 22.2 Å². The van der Waals surface area contributed by atoms with Gasteiger partial charge in [0.1, 0.15) is 0 Å². The molecule has 7 heteroatoms. The fraction of sp³-hybridized carbons (Fsp3) is 0.333. The molecule has 4 rings (SSSR count). The second-order valence-electron chi connectivity index (χ2n) is 6.54. The molecule has 2 aromatic carbocycles. The van der Waals surface area contributed by atoms with Gasteiger partial charge in [-0.25, -0.2) is 0 Å². The molecule has 1 saturated carbocycles. The van der Waals surface area contributed by atoms with Crippen LogP contribution in [0.5, 0.6) is 0 Å². The van der Waals surface area contributed by atoms with Crippen LogP contribution in [0.25, 0.3) is 10.8 Å². The first-order chi connectivity index (χ1) is 11.8. The first kappa shape index (κ1) is 16.1. The summed E-state index contributed by atoms with van der Waals surface area (Å²) < 4.78 is 40.4. The van der Waals surface area contributed by atoms with Crippen LogP contribution in [0.15, 0.2) is 47.6 Å². The minimum Gasteiger partial charge on any atom is -0.362 e. The quantitative estimate of drug-likeness (QED) is 0.900. The van der Waals surface area contributed by atoms with Gasteiger partial charge in [0.25, 0.3) is 11.6 Å². The summed E-state index contributed by atoms with van der Waals surface area (Å²) in [6.07, 6.45) is -4.18. The Hall–Kier alpha value is -2.41. The Kier molecular flexibility index (Phi) is 3.40. The lowest BCUT2D eigenvalue weighted by atomic mass is 10.0. The SMILES string of the molecule is O=C(c1ccc2ccccc2c1)N1N=C(C2CC2)C[C@]1(O)C(F)(F)F. The molecule has 2 aliphatic rings. The first-order valence-corrected chi connectivity index (χ1v) is 7.99. The van der Waals surface area contributed by atoms with Gasteiger partial charge in [-0.05, 0) is 41.7 Å². The van der Waals surface area contributed by atoms with Crippen LogP contribution < -0.4 is 0 Å². The van der Waals surface area contributed by atoms with Crippen molar-refractivity contribution in [3.8, 4) is 0 Å². The zero-order valence-electron chi connectivity index (χ0n) is 13.1. The average Bonchev–Trinajstić information content (AvgIpc) is 3.36. The summed E-state index contributed by atoms with van der Waals surface area (Å²) in [4.78, 5) is 12.7. The number of hydrogen-bond acceptors (Lipinski definition) is 3. The number of rotatable bonds is 2. The maximum absolute atomic E-state index is 13.5. The van der Waals surface area contributed by atoms with E-state index in [1.54, 1.807) is 18.2 Å². The van der Waals surface area contributed by atoms with Crippen molar-refractivity contribution >= 4 is 22.4 Å². The van der Waals surface area contributed by atoms with Crippen molar-refractivity contribution in [2.75, 3.05) is 0 Å². The highest BCUT2D eigenvalue weighted by molar-refractivity contribution is 6.01. The molecule has 0 spiro atoms. The van der Waals surface area contributed by atoms with E-state index in [1.165, 1.54) is 12.1 Å². The van der Waals surface area contributed by atoms with Crippen LogP contribution in [-0.2, 0) is 0 Å². The largest absolute Gasteiger partial charge is 0.438 e. The van der Waals surface area contributed by atoms with E-state index in [0.29, 0.717) is 0 Å². The molecule has 2 aromatic rings. The van der Waals surface area contributed by atoms with Crippen molar-refractivity contribution in [2.24, 2.45) is 11.0 Å². The van der Waals surface area contributed by atoms with Gasteiger partial charge < -0.3 is 5.11 Å². The first-order valence-electron chi connectivity index (χ1n) is 7.99. The predicted octanol–water partition coefficient (Wildman–Crippen LogP) is 3.70. The van der Waals surface area contributed by atoms with Gasteiger partial charge in [-0.1, -0.05) is 30.3 Å². The maximum atomic E-state index is 13.5. The summed E-state index contributed by atoms with van der Waals surface area (Å²) in [5.74, 6) is -1.02. The third-order valence-electron chi connectivity index (χ3n) is 4.70. The highest BCUT2D eigenvalue weighted by Gasteiger charge is 2.64. The number of fused-ring (bicyclic) bond motifs is 1. The molecule has 1 aliphatic heterocycles. The van der Waals surface area contributed by atoms with E-state index in [9.17, 15) is 23.1 Å². The number of carbonyl (C=O) groups excluding carboxylic acids is 1. The molecule has 0 unspecified atom stereocenters. The summed E-state index contributed by atoms with van der Waals surface area (Å²) in [7, 11) is 0. The predicted molar refractivity (Wildman–Crippen MR) is 85.9 cm³/mol. The van der Waals surface area contributed by atoms with Gasteiger partial charge in [0.15, 0.2) is 0 Å². The Morgan fingerprint density at radius 3 is 2.48 bits per heavy atom. The zero-order chi connectivity index (χ0) is 17.8. The smallest absolute Gasteiger partial charge is 0.362 e. The Balaban J connectivity index is 1.74. The van der Waals surface area contributed by atoms with Crippen LogP contribution >= 0.6 is 0 Å². The highest BCUT2D eigenvalue weighted by Crippen LogP contribution is 2.45. The number of carbonyl (C=O) groups is 1. The molecule has 0 saturated heterocycles. The molecule has 130 valence electrons. The monoisotopic (exact) mass is 348 g/mol. The molecule has 25 heavy (non-hydrogen) atoms. The molecule has 1 heterocycles. The van der Waals surface area contributed by atoms with Crippen molar-refractivity contribution in [1.29, 1.82) is 0 Å². The Labute approximate surface area is 141 Å². The van der Waals surface area contributed by atoms with Gasteiger partial charge in [0, 0.05) is 17.7 Å². The summed E-state index contributed by atoms with van der Waals surface area (Å²) >= 11 is 0. The number of aliphatic hydroxyl groups is 1. The lowest BCUT2D eigenvalue weighted by Gasteiger charge is -2.32. The summed E-state index contributed by atoms with van der Waals surface area (Å²) in [5, 5.41) is 15.9. The van der Waals surface area contributed by atoms with E-state index in [0.717, 1.165) is 23.6 Å². The van der Waals surface area contributed by atoms with E-state index < -0.39 is 24.2 Å². The van der Waals surface area contributed by atoms with Gasteiger partial charge in [0.05, 0.1) is 0 Å². The lowest BCUT2D eigenvalue weighted by Crippen LogP contribution is -2.56. The normalized spacial score (nSPS) is 23.8. The molecule has 0 radical (unpaired) electrons. The van der Waals surface area contributed by atoms with Crippen LogP contribution in [0.1, 0.15) is 29.6 Å². The van der Waals surface area contributed by atoms with E-state index in [2.05, 4.69) is 5.10 Å². The number of benzene rings is 2. The average molecular weight is 348 g/mol. The number of alkyl halides is 3. The number of nitrogens with zero attached hydrogens (tertiary/aromatic N) is 2. The molecule has 0 aromatic heterocycles. The van der Waals surface area contributed by atoms with Crippen molar-refractivity contribution in [2.45, 2.75) is 31.2 Å². The number of halogens is 3. The van der Waals surface area contributed by atoms with Gasteiger partial charge in [0.2, 0.25) is 0 Å². The van der Waals surface area contributed by atoms with Gasteiger partial charge in [-0.3, -0.25) is 4.79 Å². The number of hydrogen-bond donors (Lipinski definition) is 1. The van der Waals surface area contributed by atoms with E-state index in [4.69, 9.17) is 0 Å². The van der Waals surface area contributed by atoms with E-state index >= 15 is 0 Å². The summed E-state index contributed by atoms with van der Waals surface area (Å²) in [6, 6.07) is 11.8. The van der Waals surface area contributed by atoms with Crippen LogP contribution in [0, 0.1) is 5.92 Å². The molecule has 1 atom stereocenters. The topological polar surface area (TPSA) is 52.9 Å². The fourth-order valence-electron chi connectivity index (χ4n) is 3.09. The number of amides is 1. The summed E-state index contributed by atoms with van der Waals surface area (Å²) in [6.45, 7) is 0. The summed E-state index contributed by atoms with van der Waals surface area (Å²) in [5.41, 5.74) is -2.98. The van der Waals surface area contributed by atoms with E-state index in [1.807, 2.05) is 12.1 Å². The third kappa shape index (κ3) is 2.59. The van der Waals surface area contributed by atoms with Crippen molar-refractivity contribution < 1.29 is 23.1 Å². The molecule has 4 nitrogen and oxygen atoms in total. The molecular formula is C18H15F3N2O2. The third-order valence-corrected chi connectivity index (χ3v) is 4.70. The Bertz CT molecular complexity index is 889. The van der Waals surface area contributed by atoms with Crippen molar-refractivity contribution in [1.82, 2.24) is 5.01 Å². The molecule has 0 bridgehead atoms. The molecular weight excluding hydrogens is 333 g/mol. The lowest BCUT2D eigenvalue weighted by molar-refractivity contribution is -0.297. The van der Waals surface area contributed by atoms with Gasteiger partial charge in [-0.2, -0.15) is 23.3 Å². The van der Waals surface area contributed by atoms with Crippen LogP contribution in [-0.4, -0.2) is 33.6 Å². The minimum atomic E-state index is -4.99. The fourth-order valence-corrected chi connectivity index (χ4v) is 3.09. The molecule has 1 amide bonds. The minimum absolute atomic E-state index is 0.0576. The Morgan fingerprint density at radius 1 is 1.16 bits per heavy atom. The van der Waals surface area contributed by atoms with Crippen LogP contribution in [0.3, 0.4) is 0 Å². The van der Waals surface area contributed by atoms with Crippen molar-refractivity contribution in [3.05, 3.63) is 48.0 Å². The van der Waals surface area contributed by atoms with Crippen LogP contribution in [0.4, 0.5) is 13.2 Å². The standard InChI is InChI=1S/C18H15F3N2O2/c19-18(20,21)17(25)10-15(12-6-7-12)22-23(17)16(24)14-8-5-11-3-1-2-4-13(11)9-14/h1-5,8-9,12,25H,6-7,10H2/t17-/m0/s1. The molecule has 1 fully saturated rings. The second-order valence-corrected chi connectivity index (χ2v) is 6.54. The Morgan fingerprint density at radius 2 is 1.84 bits per heavy atom. The van der Waals surface area contributed by atoms with Crippen LogP contribution in [0.2, 0.25) is 0 Å². The van der Waals surface area contributed by atoms with Gasteiger partial charge >= 0.3 is 6.18 Å². The molecule has 1 aliphatic carbocycles. The number of hydrazone groups is 1. The maximum Gasteiger partial charge on any atom is 0.438 e. The van der Waals surface area contributed by atoms with Crippen molar-refractivity contribution in [3.63, 3.8) is 0 Å². The highest BCUT2D eigenvalue weighted by atomic mass is 19.4. The molecule has 1 N–H and O–H groups in total. The zero-order valence-corrected chi connectivity index (χ0v) is 13.1. The van der Waals surface area contributed by atoms with Gasteiger partial charge in [-0.15, -0.1) is 0 Å².